The van der Waals surface area contributed by atoms with Gasteiger partial charge < -0.3 is 10.2 Å². The predicted molar refractivity (Wildman–Crippen MR) is 74.9 cm³/mol. The van der Waals surface area contributed by atoms with Crippen LogP contribution >= 0.6 is 0 Å². The van der Waals surface area contributed by atoms with Gasteiger partial charge in [0, 0.05) is 18.8 Å². The number of halogens is 3. The second-order valence-electron chi connectivity index (χ2n) is 5.52. The van der Waals surface area contributed by atoms with Gasteiger partial charge in [0.05, 0.1) is 12.1 Å². The molecule has 116 valence electrons. The molecule has 1 N–H and O–H groups in total. The molecule has 1 heterocycles. The molecule has 21 heavy (non-hydrogen) atoms. The fraction of sp³-hybridized carbons (Fsp3) is 0.533. The van der Waals surface area contributed by atoms with Gasteiger partial charge in [-0.15, -0.1) is 0 Å². The second kappa shape index (κ2) is 6.37. The summed E-state index contributed by atoms with van der Waals surface area (Å²) in [6.45, 7) is 3.74. The van der Waals surface area contributed by atoms with E-state index in [9.17, 15) is 18.0 Å². The fourth-order valence-electron chi connectivity index (χ4n) is 2.48. The molecule has 1 aliphatic rings. The summed E-state index contributed by atoms with van der Waals surface area (Å²) in [6.07, 6.45) is -2.19. The predicted octanol–water partition coefficient (Wildman–Crippen LogP) is 3.38. The minimum atomic E-state index is -4.34. The molecule has 0 radical (unpaired) electrons. The molecule has 1 saturated heterocycles. The molecule has 1 unspecified atom stereocenters. The van der Waals surface area contributed by atoms with Crippen LogP contribution in [0.2, 0.25) is 0 Å². The molecule has 1 atom stereocenters. The summed E-state index contributed by atoms with van der Waals surface area (Å²) in [5.41, 5.74) is -0.175. The number of piperidine rings is 1. The first-order chi connectivity index (χ1) is 9.86. The highest BCUT2D eigenvalue weighted by atomic mass is 19.4. The monoisotopic (exact) mass is 300 g/mol. The molecule has 6 heteroatoms. The Morgan fingerprint density at radius 3 is 2.57 bits per heavy atom. The van der Waals surface area contributed by atoms with Gasteiger partial charge in [-0.05, 0) is 43.0 Å². The number of carbonyl (C=O) groups is 1. The molecule has 1 aromatic carbocycles. The van der Waals surface area contributed by atoms with E-state index in [0.717, 1.165) is 38.1 Å². The summed E-state index contributed by atoms with van der Waals surface area (Å²) in [5.74, 6) is 0.496. The van der Waals surface area contributed by atoms with Crippen molar-refractivity contribution >= 4 is 11.6 Å². The topological polar surface area (TPSA) is 32.3 Å². The Balaban J connectivity index is 1.86. The Hall–Kier alpha value is -1.72. The molecule has 1 aromatic rings. The minimum absolute atomic E-state index is 0.0125. The normalized spacial score (nSPS) is 19.4. The van der Waals surface area contributed by atoms with Crippen LogP contribution in [0, 0.1) is 5.92 Å². The summed E-state index contributed by atoms with van der Waals surface area (Å²) in [7, 11) is 0. The molecular formula is C15H19F3N2O. The Bertz CT molecular complexity index is 485. The van der Waals surface area contributed by atoms with E-state index < -0.39 is 11.7 Å². The van der Waals surface area contributed by atoms with E-state index in [4.69, 9.17) is 0 Å². The third-order valence-electron chi connectivity index (χ3n) is 3.67. The summed E-state index contributed by atoms with van der Waals surface area (Å²) < 4.78 is 37.3. The molecule has 0 aromatic heterocycles. The third-order valence-corrected chi connectivity index (χ3v) is 3.67. The lowest BCUT2D eigenvalue weighted by molar-refractivity contribution is -0.137. The van der Waals surface area contributed by atoms with Crippen LogP contribution in [0.5, 0.6) is 0 Å². The number of nitrogens with one attached hydrogen (secondary N) is 1. The first-order valence-electron chi connectivity index (χ1n) is 7.05. The van der Waals surface area contributed by atoms with Gasteiger partial charge in [0.25, 0.3) is 0 Å². The zero-order valence-electron chi connectivity index (χ0n) is 11.9. The highest BCUT2D eigenvalue weighted by Crippen LogP contribution is 2.29. The van der Waals surface area contributed by atoms with E-state index in [0.29, 0.717) is 11.6 Å². The van der Waals surface area contributed by atoms with E-state index >= 15 is 0 Å². The molecule has 1 fully saturated rings. The quantitative estimate of drug-likeness (QED) is 0.928. The van der Waals surface area contributed by atoms with Gasteiger partial charge in [0.1, 0.15) is 0 Å². The molecule has 0 aliphatic carbocycles. The van der Waals surface area contributed by atoms with Crippen molar-refractivity contribution in [1.29, 1.82) is 0 Å². The summed E-state index contributed by atoms with van der Waals surface area (Å²) in [6, 6.07) is 4.70. The zero-order valence-corrected chi connectivity index (χ0v) is 11.9. The summed E-state index contributed by atoms with van der Waals surface area (Å²) >= 11 is 0. The van der Waals surface area contributed by atoms with E-state index in [-0.39, 0.29) is 12.5 Å². The summed E-state index contributed by atoms with van der Waals surface area (Å²) in [5, 5.41) is 2.88. The van der Waals surface area contributed by atoms with Gasteiger partial charge in [-0.25, -0.2) is 0 Å². The maximum atomic E-state index is 12.4. The number of carbonyl (C=O) groups excluding carboxylic acids is 1. The lowest BCUT2D eigenvalue weighted by atomic mass is 10.0. The molecule has 0 bridgehead atoms. The molecule has 2 rings (SSSR count). The smallest absolute Gasteiger partial charge is 0.376 e. The Morgan fingerprint density at radius 2 is 2.00 bits per heavy atom. The number of alkyl halides is 3. The molecule has 0 saturated carbocycles. The number of nitrogens with zero attached hydrogens (tertiary/aromatic N) is 1. The number of anilines is 1. The SMILES string of the molecule is CC1CCCN(C(=O)CNc2ccc(C(F)(F)F)cc2)C1. The number of rotatable bonds is 3. The molecular weight excluding hydrogens is 281 g/mol. The summed E-state index contributed by atoms with van der Waals surface area (Å²) in [4.78, 5) is 13.8. The van der Waals surface area contributed by atoms with Crippen LogP contribution in [-0.2, 0) is 11.0 Å². The standard InChI is InChI=1S/C15H19F3N2O/c1-11-3-2-8-20(10-11)14(21)9-19-13-6-4-12(5-7-13)15(16,17)18/h4-7,11,19H,2-3,8-10H2,1H3. The van der Waals surface area contributed by atoms with Gasteiger partial charge >= 0.3 is 6.18 Å². The maximum absolute atomic E-state index is 12.4. The van der Waals surface area contributed by atoms with Crippen LogP contribution in [0.3, 0.4) is 0 Å². The Kier molecular flexibility index (Phi) is 4.75. The van der Waals surface area contributed by atoms with Crippen molar-refractivity contribution < 1.29 is 18.0 Å². The van der Waals surface area contributed by atoms with Crippen LogP contribution in [0.15, 0.2) is 24.3 Å². The first kappa shape index (κ1) is 15.7. The lowest BCUT2D eigenvalue weighted by Crippen LogP contribution is -2.41. The lowest BCUT2D eigenvalue weighted by Gasteiger charge is -2.31. The second-order valence-corrected chi connectivity index (χ2v) is 5.52. The van der Waals surface area contributed by atoms with Crippen LogP contribution in [0.1, 0.15) is 25.3 Å². The van der Waals surface area contributed by atoms with Gasteiger partial charge in [-0.2, -0.15) is 13.2 Å². The van der Waals surface area contributed by atoms with Crippen molar-refractivity contribution in [3.63, 3.8) is 0 Å². The average Bonchev–Trinajstić information content (AvgIpc) is 2.44. The molecule has 3 nitrogen and oxygen atoms in total. The van der Waals surface area contributed by atoms with Crippen LogP contribution in [-0.4, -0.2) is 30.4 Å². The van der Waals surface area contributed by atoms with E-state index in [1.54, 1.807) is 0 Å². The third kappa shape index (κ3) is 4.37. The van der Waals surface area contributed by atoms with Crippen LogP contribution in [0.25, 0.3) is 0 Å². The van der Waals surface area contributed by atoms with E-state index in [2.05, 4.69) is 12.2 Å². The zero-order chi connectivity index (χ0) is 15.5. The van der Waals surface area contributed by atoms with Crippen LogP contribution < -0.4 is 5.32 Å². The molecule has 1 amide bonds. The van der Waals surface area contributed by atoms with E-state index in [1.165, 1.54) is 12.1 Å². The van der Waals surface area contributed by atoms with E-state index in [1.807, 2.05) is 4.90 Å². The largest absolute Gasteiger partial charge is 0.416 e. The van der Waals surface area contributed by atoms with Gasteiger partial charge in [0.2, 0.25) is 5.91 Å². The molecule has 1 aliphatic heterocycles. The van der Waals surface area contributed by atoms with Gasteiger partial charge in [-0.1, -0.05) is 6.92 Å². The average molecular weight is 300 g/mol. The number of likely N-dealkylation sites (tertiary alicyclic amines) is 1. The maximum Gasteiger partial charge on any atom is 0.416 e. The van der Waals surface area contributed by atoms with Crippen molar-refractivity contribution in [2.75, 3.05) is 25.0 Å². The van der Waals surface area contributed by atoms with Gasteiger partial charge in [0.15, 0.2) is 0 Å². The highest BCUT2D eigenvalue weighted by molar-refractivity contribution is 5.81. The number of hydrogen-bond donors (Lipinski definition) is 1. The highest BCUT2D eigenvalue weighted by Gasteiger charge is 2.30. The Labute approximate surface area is 122 Å². The Morgan fingerprint density at radius 1 is 1.33 bits per heavy atom. The number of hydrogen-bond acceptors (Lipinski definition) is 2. The number of benzene rings is 1. The fourth-order valence-corrected chi connectivity index (χ4v) is 2.48. The van der Waals surface area contributed by atoms with Crippen LogP contribution in [0.4, 0.5) is 18.9 Å². The van der Waals surface area contributed by atoms with Crippen molar-refractivity contribution in [2.24, 2.45) is 5.92 Å². The van der Waals surface area contributed by atoms with Crippen molar-refractivity contribution in [2.45, 2.75) is 25.9 Å². The van der Waals surface area contributed by atoms with Crippen molar-refractivity contribution in [3.05, 3.63) is 29.8 Å². The van der Waals surface area contributed by atoms with Gasteiger partial charge in [-0.3, -0.25) is 4.79 Å². The van der Waals surface area contributed by atoms with Crippen molar-refractivity contribution in [1.82, 2.24) is 4.90 Å². The number of amides is 1. The molecule has 0 spiro atoms. The van der Waals surface area contributed by atoms with Crippen molar-refractivity contribution in [3.8, 4) is 0 Å². The first-order valence-corrected chi connectivity index (χ1v) is 7.05. The minimum Gasteiger partial charge on any atom is -0.376 e.